The van der Waals surface area contributed by atoms with Crippen molar-refractivity contribution < 1.29 is 0 Å². The Morgan fingerprint density at radius 3 is 2.09 bits per heavy atom. The van der Waals surface area contributed by atoms with Gasteiger partial charge in [-0.05, 0) is 13.2 Å². The second-order valence-corrected chi connectivity index (χ2v) is 4.23. The zero-order valence-corrected chi connectivity index (χ0v) is 9.05. The van der Waals surface area contributed by atoms with Gasteiger partial charge < -0.3 is 0 Å². The van der Waals surface area contributed by atoms with Gasteiger partial charge in [0.1, 0.15) is 5.01 Å². The molecule has 0 aliphatic heterocycles. The van der Waals surface area contributed by atoms with Crippen LogP contribution in [-0.2, 0) is 0 Å². The van der Waals surface area contributed by atoms with Crippen LogP contribution in [0.4, 0.5) is 0 Å². The summed E-state index contributed by atoms with van der Waals surface area (Å²) in [5.41, 5.74) is 0. The molecular weight excluding hydrogens is 176 g/mol. The van der Waals surface area contributed by atoms with Gasteiger partial charge in [-0.25, -0.2) is 0 Å². The summed E-state index contributed by atoms with van der Waals surface area (Å²) in [7, 11) is 0. The van der Waals surface area contributed by atoms with E-state index in [0.717, 1.165) is 9.35 Å². The van der Waals surface area contributed by atoms with Crippen molar-refractivity contribution in [1.29, 1.82) is 0 Å². The van der Waals surface area contributed by atoms with Crippen molar-refractivity contribution in [2.45, 2.75) is 31.5 Å². The fourth-order valence-electron chi connectivity index (χ4n) is 0.361. The van der Waals surface area contributed by atoms with Crippen LogP contribution in [0.15, 0.2) is 4.34 Å². The van der Waals surface area contributed by atoms with Gasteiger partial charge in [0.05, 0.1) is 0 Å². The first-order chi connectivity index (χ1) is 5.24. The highest BCUT2D eigenvalue weighted by Gasteiger charge is 1.94. The highest BCUT2D eigenvalue weighted by Crippen LogP contribution is 2.17. The summed E-state index contributed by atoms with van der Waals surface area (Å²) in [6, 6.07) is 0. The van der Waals surface area contributed by atoms with E-state index in [1.54, 1.807) is 23.1 Å². The van der Waals surface area contributed by atoms with Crippen molar-refractivity contribution in [3.05, 3.63) is 5.01 Å². The maximum atomic E-state index is 3.87. The Hall–Kier alpha value is -0.0900. The Labute approximate surface area is 76.4 Å². The minimum Gasteiger partial charge on any atom is -0.143 e. The van der Waals surface area contributed by atoms with E-state index >= 15 is 0 Å². The normalized spacial score (nSPS) is 8.73. The molecule has 0 bridgehead atoms. The number of hydrogen-bond donors (Lipinski definition) is 0. The molecule has 2 nitrogen and oxygen atoms in total. The third-order valence-corrected chi connectivity index (χ3v) is 2.50. The van der Waals surface area contributed by atoms with Crippen molar-refractivity contribution in [1.82, 2.24) is 10.2 Å². The van der Waals surface area contributed by atoms with Gasteiger partial charge in [-0.15, -0.1) is 10.2 Å². The third-order valence-electron chi connectivity index (χ3n) is 0.682. The van der Waals surface area contributed by atoms with Gasteiger partial charge >= 0.3 is 0 Å². The van der Waals surface area contributed by atoms with E-state index in [4.69, 9.17) is 0 Å². The Balaban J connectivity index is 0.000000292. The first-order valence-electron chi connectivity index (χ1n) is 3.58. The fourth-order valence-corrected chi connectivity index (χ4v) is 1.59. The van der Waals surface area contributed by atoms with Gasteiger partial charge in [0.25, 0.3) is 0 Å². The van der Waals surface area contributed by atoms with Gasteiger partial charge in [0, 0.05) is 0 Å². The summed E-state index contributed by atoms with van der Waals surface area (Å²) in [5.74, 6) is 0. The number of aryl methyl sites for hydroxylation is 1. The standard InChI is InChI=1S/C4H6N2S2.C3H8/c1-3-5-6-4(7-2)8-3;1-3-2/h1-2H3;3H2,1-2H3. The molecule has 1 rings (SSSR count). The maximum absolute atomic E-state index is 3.87. The average Bonchev–Trinajstić information content (AvgIpc) is 2.37. The van der Waals surface area contributed by atoms with E-state index in [2.05, 4.69) is 24.0 Å². The molecule has 0 atom stereocenters. The molecule has 0 amide bonds. The Bertz CT molecular complexity index is 186. The van der Waals surface area contributed by atoms with Crippen molar-refractivity contribution in [2.24, 2.45) is 0 Å². The fraction of sp³-hybridized carbons (Fsp3) is 0.714. The van der Waals surface area contributed by atoms with E-state index < -0.39 is 0 Å². The van der Waals surface area contributed by atoms with E-state index in [1.807, 2.05) is 13.2 Å². The molecule has 4 heteroatoms. The molecule has 0 saturated carbocycles. The van der Waals surface area contributed by atoms with Crippen LogP contribution >= 0.6 is 23.1 Å². The van der Waals surface area contributed by atoms with Crippen LogP contribution in [0, 0.1) is 6.92 Å². The SMILES string of the molecule is CCC.CSc1nnc(C)s1. The van der Waals surface area contributed by atoms with E-state index in [9.17, 15) is 0 Å². The number of hydrogen-bond acceptors (Lipinski definition) is 4. The Kier molecular flexibility index (Phi) is 6.56. The van der Waals surface area contributed by atoms with Gasteiger partial charge in [0.2, 0.25) is 0 Å². The lowest BCUT2D eigenvalue weighted by Crippen LogP contribution is -1.67. The number of nitrogens with zero attached hydrogens (tertiary/aromatic N) is 2. The molecular formula is C7H14N2S2. The quantitative estimate of drug-likeness (QED) is 0.637. The molecule has 11 heavy (non-hydrogen) atoms. The molecule has 0 saturated heterocycles. The molecule has 0 unspecified atom stereocenters. The van der Waals surface area contributed by atoms with Crippen LogP contribution in [-0.4, -0.2) is 16.5 Å². The molecule has 1 heterocycles. The summed E-state index contributed by atoms with van der Waals surface area (Å²) >= 11 is 3.26. The smallest absolute Gasteiger partial charge is 0.143 e. The number of rotatable bonds is 1. The number of aromatic nitrogens is 2. The molecule has 0 fully saturated rings. The molecule has 0 aliphatic rings. The van der Waals surface area contributed by atoms with Gasteiger partial charge in [-0.1, -0.05) is 43.4 Å². The first kappa shape index (κ1) is 10.9. The highest BCUT2D eigenvalue weighted by atomic mass is 32.2. The summed E-state index contributed by atoms with van der Waals surface area (Å²) < 4.78 is 1.04. The van der Waals surface area contributed by atoms with E-state index in [1.165, 1.54) is 6.42 Å². The summed E-state index contributed by atoms with van der Waals surface area (Å²) in [6.45, 7) is 6.21. The molecule has 0 radical (unpaired) electrons. The lowest BCUT2D eigenvalue weighted by atomic mass is 10.6. The van der Waals surface area contributed by atoms with Crippen molar-refractivity contribution >= 4 is 23.1 Å². The zero-order valence-electron chi connectivity index (χ0n) is 7.42. The maximum Gasteiger partial charge on any atom is 0.174 e. The van der Waals surface area contributed by atoms with Crippen molar-refractivity contribution in [2.75, 3.05) is 6.26 Å². The molecule has 1 aromatic rings. The first-order valence-corrected chi connectivity index (χ1v) is 5.62. The Morgan fingerprint density at radius 2 is 1.91 bits per heavy atom. The van der Waals surface area contributed by atoms with Crippen LogP contribution < -0.4 is 0 Å². The van der Waals surface area contributed by atoms with E-state index in [-0.39, 0.29) is 0 Å². The molecule has 0 N–H and O–H groups in total. The van der Waals surface area contributed by atoms with Crippen LogP contribution in [0.5, 0.6) is 0 Å². The van der Waals surface area contributed by atoms with Crippen LogP contribution in [0.25, 0.3) is 0 Å². The molecule has 64 valence electrons. The average molecular weight is 190 g/mol. The lowest BCUT2D eigenvalue weighted by Gasteiger charge is -1.75. The molecule has 1 aromatic heterocycles. The topological polar surface area (TPSA) is 25.8 Å². The molecule has 0 spiro atoms. The molecule has 0 aliphatic carbocycles. The van der Waals surface area contributed by atoms with Crippen LogP contribution in [0.1, 0.15) is 25.3 Å². The van der Waals surface area contributed by atoms with E-state index in [0.29, 0.717) is 0 Å². The Morgan fingerprint density at radius 1 is 1.36 bits per heavy atom. The number of thioether (sulfide) groups is 1. The van der Waals surface area contributed by atoms with Crippen LogP contribution in [0.2, 0.25) is 0 Å². The minimum absolute atomic E-state index is 1.04. The lowest BCUT2D eigenvalue weighted by molar-refractivity contribution is 0.985. The van der Waals surface area contributed by atoms with Crippen molar-refractivity contribution in [3.8, 4) is 0 Å². The third kappa shape index (κ3) is 5.21. The minimum atomic E-state index is 1.04. The largest absolute Gasteiger partial charge is 0.174 e. The second-order valence-electron chi connectivity index (χ2n) is 2.00. The van der Waals surface area contributed by atoms with Crippen molar-refractivity contribution in [3.63, 3.8) is 0 Å². The predicted octanol–water partition coefficient (Wildman–Crippen LogP) is 2.98. The van der Waals surface area contributed by atoms with Gasteiger partial charge in [0.15, 0.2) is 4.34 Å². The highest BCUT2D eigenvalue weighted by molar-refractivity contribution is 8.00. The van der Waals surface area contributed by atoms with Gasteiger partial charge in [-0.2, -0.15) is 0 Å². The van der Waals surface area contributed by atoms with Gasteiger partial charge in [-0.3, -0.25) is 0 Å². The zero-order chi connectivity index (χ0) is 8.69. The van der Waals surface area contributed by atoms with Crippen LogP contribution in [0.3, 0.4) is 0 Å². The summed E-state index contributed by atoms with van der Waals surface area (Å²) in [4.78, 5) is 0. The molecule has 0 aromatic carbocycles. The predicted molar refractivity (Wildman–Crippen MR) is 52.4 cm³/mol. The monoisotopic (exact) mass is 190 g/mol. The summed E-state index contributed by atoms with van der Waals surface area (Å²) in [6.07, 6.45) is 3.25. The summed E-state index contributed by atoms with van der Waals surface area (Å²) in [5, 5.41) is 8.74. The second kappa shape index (κ2) is 6.61.